The van der Waals surface area contributed by atoms with Crippen LogP contribution < -0.4 is 20.1 Å². The zero-order valence-corrected chi connectivity index (χ0v) is 17.5. The van der Waals surface area contributed by atoms with Crippen LogP contribution >= 0.6 is 12.2 Å². The molecule has 2 N–H and O–H groups in total. The highest BCUT2D eigenvalue weighted by Crippen LogP contribution is 2.34. The van der Waals surface area contributed by atoms with E-state index < -0.39 is 12.0 Å². The molecule has 0 fully saturated rings. The molecular formula is C21H28N2O4S. The van der Waals surface area contributed by atoms with Gasteiger partial charge in [-0.25, -0.2) is 4.79 Å². The Morgan fingerprint density at radius 3 is 2.79 bits per heavy atom. The minimum absolute atomic E-state index is 0.140. The highest BCUT2D eigenvalue weighted by molar-refractivity contribution is 7.80. The molecule has 1 aliphatic heterocycles. The average molecular weight is 405 g/mol. The van der Waals surface area contributed by atoms with E-state index in [0.717, 1.165) is 24.8 Å². The smallest absolute Gasteiger partial charge is 0.338 e. The van der Waals surface area contributed by atoms with Crippen LogP contribution in [0, 0.1) is 0 Å². The molecule has 6 nitrogen and oxygen atoms in total. The predicted octanol–water partition coefficient (Wildman–Crippen LogP) is 3.79. The molecular weight excluding hydrogens is 376 g/mol. The van der Waals surface area contributed by atoms with Crippen LogP contribution in [-0.2, 0) is 9.53 Å². The molecule has 1 aromatic carbocycles. The number of carbonyl (C=O) groups is 1. The summed E-state index contributed by atoms with van der Waals surface area (Å²) in [6, 6.07) is 5.16. The first-order chi connectivity index (χ1) is 13.5. The molecule has 0 amide bonds. The molecule has 7 heteroatoms. The first-order valence-corrected chi connectivity index (χ1v) is 9.79. The molecule has 28 heavy (non-hydrogen) atoms. The Morgan fingerprint density at radius 1 is 1.32 bits per heavy atom. The number of benzene rings is 1. The van der Waals surface area contributed by atoms with Gasteiger partial charge in [0.2, 0.25) is 0 Å². The molecule has 1 aromatic rings. The summed E-state index contributed by atoms with van der Waals surface area (Å²) < 4.78 is 16.6. The lowest BCUT2D eigenvalue weighted by atomic mass is 9.95. The number of carbonyl (C=O) groups excluding carboxylic acids is 1. The first-order valence-electron chi connectivity index (χ1n) is 9.38. The van der Waals surface area contributed by atoms with Crippen molar-refractivity contribution in [2.75, 3.05) is 20.3 Å². The normalized spacial score (nSPS) is 16.1. The van der Waals surface area contributed by atoms with E-state index in [9.17, 15) is 4.79 Å². The van der Waals surface area contributed by atoms with Gasteiger partial charge >= 0.3 is 5.97 Å². The topological polar surface area (TPSA) is 68.8 Å². The number of thiocarbonyl (C=S) groups is 1. The molecule has 0 saturated carbocycles. The monoisotopic (exact) mass is 404 g/mol. The third-order valence-electron chi connectivity index (χ3n) is 4.35. The summed E-state index contributed by atoms with van der Waals surface area (Å²) in [4.78, 5) is 12.6. The Bertz CT molecular complexity index is 761. The van der Waals surface area contributed by atoms with Crippen LogP contribution in [0.2, 0.25) is 0 Å². The number of rotatable bonds is 10. The van der Waals surface area contributed by atoms with E-state index in [1.807, 2.05) is 18.2 Å². The second kappa shape index (κ2) is 10.7. The summed E-state index contributed by atoms with van der Waals surface area (Å²) in [7, 11) is 1.60. The van der Waals surface area contributed by atoms with Gasteiger partial charge in [0.1, 0.15) is 6.61 Å². The standard InChI is InChI=1S/C21H28N2O4S/c1-5-7-8-12-26-16-10-9-15(13-17(16)25-4)19-18(20(24)27-11-6-2)14(3)22-21(28)23-19/h6,9-10,13,19H,2,5,7-8,11-12H2,1,3-4H3,(H2,22,23,28)/t19-/m1/s1. The molecule has 1 heterocycles. The van der Waals surface area contributed by atoms with Gasteiger partial charge in [-0.05, 0) is 43.3 Å². The number of unbranched alkanes of at least 4 members (excludes halogenated alkanes) is 2. The molecule has 0 aromatic heterocycles. The van der Waals surface area contributed by atoms with Gasteiger partial charge in [0.15, 0.2) is 16.6 Å². The fourth-order valence-electron chi connectivity index (χ4n) is 2.94. The van der Waals surface area contributed by atoms with Gasteiger partial charge in [0.25, 0.3) is 0 Å². The summed E-state index contributed by atoms with van der Waals surface area (Å²) in [5.41, 5.74) is 1.95. The summed E-state index contributed by atoms with van der Waals surface area (Å²) >= 11 is 5.28. The molecule has 0 spiro atoms. The summed E-state index contributed by atoms with van der Waals surface area (Å²) in [5.74, 6) is 0.857. The Labute approximate surface area is 171 Å². The summed E-state index contributed by atoms with van der Waals surface area (Å²) in [5, 5.41) is 6.57. The van der Waals surface area contributed by atoms with Crippen LogP contribution in [0.1, 0.15) is 44.7 Å². The van der Waals surface area contributed by atoms with Gasteiger partial charge in [-0.15, -0.1) is 0 Å². The number of ether oxygens (including phenoxy) is 3. The molecule has 0 unspecified atom stereocenters. The number of hydrogen-bond donors (Lipinski definition) is 2. The molecule has 0 aliphatic carbocycles. The first kappa shape index (κ1) is 21.8. The van der Waals surface area contributed by atoms with Gasteiger partial charge in [-0.2, -0.15) is 0 Å². The van der Waals surface area contributed by atoms with E-state index in [1.54, 1.807) is 14.0 Å². The van der Waals surface area contributed by atoms with E-state index in [-0.39, 0.29) is 6.61 Å². The predicted molar refractivity (Wildman–Crippen MR) is 113 cm³/mol. The highest BCUT2D eigenvalue weighted by Gasteiger charge is 2.31. The van der Waals surface area contributed by atoms with Crippen LogP contribution in [0.25, 0.3) is 0 Å². The zero-order valence-electron chi connectivity index (χ0n) is 16.7. The number of hydrogen-bond acceptors (Lipinski definition) is 5. The van der Waals surface area contributed by atoms with E-state index >= 15 is 0 Å². The van der Waals surface area contributed by atoms with E-state index in [2.05, 4.69) is 24.1 Å². The quantitative estimate of drug-likeness (QED) is 0.266. The number of esters is 1. The van der Waals surface area contributed by atoms with Crippen molar-refractivity contribution in [3.63, 3.8) is 0 Å². The molecule has 1 aliphatic rings. The average Bonchev–Trinajstić information content (AvgIpc) is 2.68. The molecule has 2 rings (SSSR count). The van der Waals surface area contributed by atoms with Crippen LogP contribution in [0.3, 0.4) is 0 Å². The molecule has 1 atom stereocenters. The van der Waals surface area contributed by atoms with Crippen molar-refractivity contribution in [2.45, 2.75) is 39.2 Å². The largest absolute Gasteiger partial charge is 0.493 e. The van der Waals surface area contributed by atoms with Crippen LogP contribution in [0.4, 0.5) is 0 Å². The second-order valence-electron chi connectivity index (χ2n) is 6.42. The SMILES string of the molecule is C=CCOC(=O)C1=C(C)NC(=S)N[C@@H]1c1ccc(OCCCCC)c(OC)c1. The Balaban J connectivity index is 2.29. The maximum atomic E-state index is 12.6. The van der Waals surface area contributed by atoms with Crippen molar-refractivity contribution in [1.29, 1.82) is 0 Å². The molecule has 152 valence electrons. The summed E-state index contributed by atoms with van der Waals surface area (Å²) in [6.45, 7) is 8.30. The second-order valence-corrected chi connectivity index (χ2v) is 6.83. The van der Waals surface area contributed by atoms with Gasteiger partial charge < -0.3 is 24.8 Å². The lowest BCUT2D eigenvalue weighted by Gasteiger charge is -2.30. The van der Waals surface area contributed by atoms with Gasteiger partial charge in [0, 0.05) is 5.70 Å². The van der Waals surface area contributed by atoms with Crippen LogP contribution in [0.5, 0.6) is 11.5 Å². The maximum absolute atomic E-state index is 12.6. The van der Waals surface area contributed by atoms with Crippen molar-refractivity contribution in [3.8, 4) is 11.5 Å². The molecule has 0 saturated heterocycles. The van der Waals surface area contributed by atoms with Gasteiger partial charge in [0.05, 0.1) is 25.3 Å². The Morgan fingerprint density at radius 2 is 2.11 bits per heavy atom. The minimum Gasteiger partial charge on any atom is -0.493 e. The minimum atomic E-state index is -0.450. The van der Waals surface area contributed by atoms with Gasteiger partial charge in [-0.1, -0.05) is 38.5 Å². The van der Waals surface area contributed by atoms with Crippen molar-refractivity contribution in [3.05, 3.63) is 47.7 Å². The zero-order chi connectivity index (χ0) is 20.5. The lowest BCUT2D eigenvalue weighted by Crippen LogP contribution is -2.45. The van der Waals surface area contributed by atoms with Crippen molar-refractivity contribution < 1.29 is 19.0 Å². The third-order valence-corrected chi connectivity index (χ3v) is 4.57. The van der Waals surface area contributed by atoms with E-state index in [1.165, 1.54) is 6.08 Å². The lowest BCUT2D eigenvalue weighted by molar-refractivity contribution is -0.138. The molecule has 0 radical (unpaired) electrons. The Hall–Kier alpha value is -2.54. The summed E-state index contributed by atoms with van der Waals surface area (Å²) in [6.07, 6.45) is 4.78. The molecule has 0 bridgehead atoms. The number of nitrogens with one attached hydrogen (secondary N) is 2. The van der Waals surface area contributed by atoms with Crippen molar-refractivity contribution >= 4 is 23.3 Å². The highest BCUT2D eigenvalue weighted by atomic mass is 32.1. The van der Waals surface area contributed by atoms with E-state index in [0.29, 0.717) is 34.5 Å². The third kappa shape index (κ3) is 5.48. The van der Waals surface area contributed by atoms with Crippen molar-refractivity contribution in [2.24, 2.45) is 0 Å². The maximum Gasteiger partial charge on any atom is 0.338 e. The van der Waals surface area contributed by atoms with E-state index in [4.69, 9.17) is 26.4 Å². The number of allylic oxidation sites excluding steroid dienone is 1. The fraction of sp³-hybridized carbons (Fsp3) is 0.429. The van der Waals surface area contributed by atoms with Crippen molar-refractivity contribution in [1.82, 2.24) is 10.6 Å². The van der Waals surface area contributed by atoms with Crippen LogP contribution in [0.15, 0.2) is 42.1 Å². The van der Waals surface area contributed by atoms with Gasteiger partial charge in [-0.3, -0.25) is 0 Å². The fourth-order valence-corrected chi connectivity index (χ4v) is 3.21. The Kier molecular flexibility index (Phi) is 8.32. The van der Waals surface area contributed by atoms with Crippen LogP contribution in [-0.4, -0.2) is 31.4 Å². The number of methoxy groups -OCH3 is 1.